The summed E-state index contributed by atoms with van der Waals surface area (Å²) in [5.41, 5.74) is 1.93. The number of para-hydroxylation sites is 1. The second-order valence-corrected chi connectivity index (χ2v) is 8.45. The summed E-state index contributed by atoms with van der Waals surface area (Å²) < 4.78 is 12.1. The number of carbonyl (C=O) groups is 1. The van der Waals surface area contributed by atoms with Crippen molar-refractivity contribution in [1.29, 1.82) is 0 Å². The lowest BCUT2D eigenvalue weighted by Crippen LogP contribution is -2.36. The van der Waals surface area contributed by atoms with Crippen LogP contribution < -0.4 is 9.47 Å². The van der Waals surface area contributed by atoms with Gasteiger partial charge in [-0.3, -0.25) is 9.69 Å². The molecule has 6 heteroatoms. The highest BCUT2D eigenvalue weighted by molar-refractivity contribution is 8.26. The van der Waals surface area contributed by atoms with Crippen molar-refractivity contribution in [1.82, 2.24) is 4.90 Å². The zero-order chi connectivity index (χ0) is 18.3. The molecule has 0 aromatic heterocycles. The highest BCUT2D eigenvalue weighted by Gasteiger charge is 2.38. The van der Waals surface area contributed by atoms with E-state index in [1.807, 2.05) is 36.1 Å². The third-order valence-corrected chi connectivity index (χ3v) is 6.46. The van der Waals surface area contributed by atoms with Crippen LogP contribution in [0.15, 0.2) is 34.8 Å². The van der Waals surface area contributed by atoms with Gasteiger partial charge in [0.15, 0.2) is 11.5 Å². The van der Waals surface area contributed by atoms with E-state index in [1.165, 1.54) is 24.6 Å². The maximum absolute atomic E-state index is 12.9. The van der Waals surface area contributed by atoms with E-state index < -0.39 is 0 Å². The molecule has 26 heavy (non-hydrogen) atoms. The van der Waals surface area contributed by atoms with Gasteiger partial charge in [0.1, 0.15) is 10.4 Å². The molecule has 1 saturated carbocycles. The molecular formula is C20H21NO3S2. The Hall–Kier alpha value is -1.79. The standard InChI is InChI=1S/C20H21NO3S2/c1-12-14(10-13-6-5-9-16(23-2)18(13)24-12)11-17-19(22)21(20(25)26-17)15-7-3-4-8-15/h5-6,9-12,15H,3-4,7-8H2,1-2H3. The van der Waals surface area contributed by atoms with Gasteiger partial charge in [0, 0.05) is 11.6 Å². The third-order valence-electron chi connectivity index (χ3n) is 5.13. The summed E-state index contributed by atoms with van der Waals surface area (Å²) in [5.74, 6) is 1.51. The first kappa shape index (κ1) is 17.6. The maximum Gasteiger partial charge on any atom is 0.266 e. The molecule has 2 heterocycles. The van der Waals surface area contributed by atoms with Gasteiger partial charge in [-0.05, 0) is 43.6 Å². The van der Waals surface area contributed by atoms with Crippen molar-refractivity contribution < 1.29 is 14.3 Å². The Bertz CT molecular complexity index is 824. The number of methoxy groups -OCH3 is 1. The zero-order valence-corrected chi connectivity index (χ0v) is 16.5. The van der Waals surface area contributed by atoms with Gasteiger partial charge in [0.05, 0.1) is 12.0 Å². The summed E-state index contributed by atoms with van der Waals surface area (Å²) in [7, 11) is 1.64. The van der Waals surface area contributed by atoms with Gasteiger partial charge in [-0.1, -0.05) is 49.0 Å². The lowest BCUT2D eigenvalue weighted by Gasteiger charge is -2.24. The fourth-order valence-electron chi connectivity index (χ4n) is 3.74. The van der Waals surface area contributed by atoms with E-state index in [1.54, 1.807) is 7.11 Å². The summed E-state index contributed by atoms with van der Waals surface area (Å²) in [6, 6.07) is 6.08. The van der Waals surface area contributed by atoms with Gasteiger partial charge in [-0.2, -0.15) is 0 Å². The van der Waals surface area contributed by atoms with Gasteiger partial charge in [0.2, 0.25) is 0 Å². The van der Waals surface area contributed by atoms with Crippen LogP contribution in [0.2, 0.25) is 0 Å². The first-order valence-electron chi connectivity index (χ1n) is 8.91. The first-order chi connectivity index (χ1) is 12.6. The summed E-state index contributed by atoms with van der Waals surface area (Å²) in [5, 5.41) is 0. The van der Waals surface area contributed by atoms with Gasteiger partial charge >= 0.3 is 0 Å². The van der Waals surface area contributed by atoms with Crippen LogP contribution in [0.4, 0.5) is 0 Å². The van der Waals surface area contributed by atoms with Crippen LogP contribution in [0.3, 0.4) is 0 Å². The van der Waals surface area contributed by atoms with E-state index in [-0.39, 0.29) is 18.1 Å². The lowest BCUT2D eigenvalue weighted by atomic mass is 10.0. The van der Waals surface area contributed by atoms with Crippen LogP contribution in [0.25, 0.3) is 6.08 Å². The summed E-state index contributed by atoms with van der Waals surface area (Å²) in [6.45, 7) is 1.98. The fraction of sp³-hybridized carbons (Fsp3) is 0.400. The monoisotopic (exact) mass is 387 g/mol. The Morgan fingerprint density at radius 2 is 2.12 bits per heavy atom. The quantitative estimate of drug-likeness (QED) is 0.562. The number of hydrogen-bond donors (Lipinski definition) is 0. The van der Waals surface area contributed by atoms with Crippen molar-refractivity contribution in [3.63, 3.8) is 0 Å². The average molecular weight is 388 g/mol. The molecule has 1 unspecified atom stereocenters. The molecule has 1 amide bonds. The first-order valence-corrected chi connectivity index (χ1v) is 10.1. The van der Waals surface area contributed by atoms with Gasteiger partial charge in [0.25, 0.3) is 5.91 Å². The molecule has 3 aliphatic rings. The number of ether oxygens (including phenoxy) is 2. The number of rotatable bonds is 3. The highest BCUT2D eigenvalue weighted by Crippen LogP contribution is 2.41. The molecule has 0 radical (unpaired) electrons. The summed E-state index contributed by atoms with van der Waals surface area (Å²) in [6.07, 6.45) is 8.29. The molecule has 0 bridgehead atoms. The number of nitrogens with zero attached hydrogens (tertiary/aromatic N) is 1. The molecule has 136 valence electrons. The normalized spacial score (nSPS) is 24.7. The SMILES string of the molecule is COc1cccc2c1OC(C)C(C=C1SC(=S)N(C3CCCC3)C1=O)=C2. The molecule has 2 fully saturated rings. The van der Waals surface area contributed by atoms with E-state index in [9.17, 15) is 4.79 Å². The van der Waals surface area contributed by atoms with E-state index in [0.29, 0.717) is 9.23 Å². The molecular weight excluding hydrogens is 366 g/mol. The Balaban J connectivity index is 1.64. The van der Waals surface area contributed by atoms with Crippen LogP contribution in [0, 0.1) is 0 Å². The van der Waals surface area contributed by atoms with Crippen LogP contribution in [-0.2, 0) is 4.79 Å². The topological polar surface area (TPSA) is 38.8 Å². The number of amides is 1. The lowest BCUT2D eigenvalue weighted by molar-refractivity contribution is -0.123. The number of fused-ring (bicyclic) bond motifs is 1. The molecule has 2 aliphatic heterocycles. The molecule has 1 aliphatic carbocycles. The minimum Gasteiger partial charge on any atom is -0.493 e. The zero-order valence-electron chi connectivity index (χ0n) is 14.9. The number of thioether (sulfide) groups is 1. The van der Waals surface area contributed by atoms with Gasteiger partial charge in [-0.25, -0.2) is 0 Å². The maximum atomic E-state index is 12.9. The minimum absolute atomic E-state index is 0.0384. The Morgan fingerprint density at radius 1 is 1.35 bits per heavy atom. The van der Waals surface area contributed by atoms with Crippen molar-refractivity contribution in [2.45, 2.75) is 44.8 Å². The van der Waals surface area contributed by atoms with Gasteiger partial charge < -0.3 is 9.47 Å². The van der Waals surface area contributed by atoms with Crippen molar-refractivity contribution >= 4 is 40.3 Å². The second-order valence-electron chi connectivity index (χ2n) is 6.77. The number of hydrogen-bond acceptors (Lipinski definition) is 5. The molecule has 1 aromatic rings. The minimum atomic E-state index is -0.159. The molecule has 0 spiro atoms. The third kappa shape index (κ3) is 3.05. The van der Waals surface area contributed by atoms with Crippen LogP contribution in [0.5, 0.6) is 11.5 Å². The molecule has 1 saturated heterocycles. The second kappa shape index (κ2) is 7.08. The summed E-state index contributed by atoms with van der Waals surface area (Å²) in [4.78, 5) is 15.4. The van der Waals surface area contributed by atoms with Gasteiger partial charge in [-0.15, -0.1) is 0 Å². The Morgan fingerprint density at radius 3 is 2.85 bits per heavy atom. The van der Waals surface area contributed by atoms with Crippen molar-refractivity contribution in [3.05, 3.63) is 40.3 Å². The van der Waals surface area contributed by atoms with E-state index >= 15 is 0 Å². The highest BCUT2D eigenvalue weighted by atomic mass is 32.2. The number of benzene rings is 1. The average Bonchev–Trinajstić information content (AvgIpc) is 3.23. The van der Waals surface area contributed by atoms with E-state index in [4.69, 9.17) is 21.7 Å². The van der Waals surface area contributed by atoms with Crippen LogP contribution in [0.1, 0.15) is 38.2 Å². The molecule has 1 atom stereocenters. The number of carbonyl (C=O) groups excluding carboxylic acids is 1. The molecule has 1 aromatic carbocycles. The smallest absolute Gasteiger partial charge is 0.266 e. The summed E-state index contributed by atoms with van der Waals surface area (Å²) >= 11 is 6.89. The predicted octanol–water partition coefficient (Wildman–Crippen LogP) is 4.55. The number of thiocarbonyl (C=S) groups is 1. The van der Waals surface area contributed by atoms with Crippen LogP contribution >= 0.6 is 24.0 Å². The van der Waals surface area contributed by atoms with Crippen LogP contribution in [-0.4, -0.2) is 34.4 Å². The molecule has 0 N–H and O–H groups in total. The molecule has 4 rings (SSSR count). The van der Waals surface area contributed by atoms with Crippen molar-refractivity contribution in [2.75, 3.05) is 7.11 Å². The Labute approximate surface area is 163 Å². The largest absolute Gasteiger partial charge is 0.493 e. The van der Waals surface area contributed by atoms with Crippen molar-refractivity contribution in [2.24, 2.45) is 0 Å². The van der Waals surface area contributed by atoms with Crippen molar-refractivity contribution in [3.8, 4) is 11.5 Å². The van der Waals surface area contributed by atoms with E-state index in [0.717, 1.165) is 35.5 Å². The van der Waals surface area contributed by atoms with E-state index in [2.05, 4.69) is 6.08 Å². The fourth-order valence-corrected chi connectivity index (χ4v) is 5.14. The molecule has 4 nitrogen and oxygen atoms in total. The predicted molar refractivity (Wildman–Crippen MR) is 108 cm³/mol. The Kier molecular flexibility index (Phi) is 4.80.